The minimum atomic E-state index is -3.85. The molecule has 1 fully saturated rings. The monoisotopic (exact) mass is 338 g/mol. The van der Waals surface area contributed by atoms with E-state index in [0.717, 1.165) is 0 Å². The molecule has 0 radical (unpaired) electrons. The fourth-order valence-electron chi connectivity index (χ4n) is 2.33. The maximum Gasteiger partial charge on any atom is 0.360 e. The van der Waals surface area contributed by atoms with Crippen LogP contribution >= 0.6 is 0 Å². The molecule has 0 unspecified atom stereocenters. The molecule has 0 aliphatic carbocycles. The second kappa shape index (κ2) is 5.59. The molecule has 0 saturated carbocycles. The molecule has 0 amide bonds. The van der Waals surface area contributed by atoms with Gasteiger partial charge in [0, 0.05) is 25.5 Å². The topological polar surface area (TPSA) is 133 Å². The van der Waals surface area contributed by atoms with Gasteiger partial charge in [-0.3, -0.25) is 4.98 Å². The van der Waals surface area contributed by atoms with Crippen molar-refractivity contribution in [3.63, 3.8) is 0 Å². The number of nitrogens with zero attached hydrogens (tertiary/aromatic N) is 5. The van der Waals surface area contributed by atoms with Crippen LogP contribution in [0.5, 0.6) is 0 Å². The van der Waals surface area contributed by atoms with Crippen molar-refractivity contribution < 1.29 is 17.9 Å². The summed E-state index contributed by atoms with van der Waals surface area (Å²) in [4.78, 5) is 17.0. The minimum Gasteiger partial charge on any atom is -0.464 e. The lowest BCUT2D eigenvalue weighted by molar-refractivity contribution is 0.0594. The Hall–Kier alpha value is -2.53. The number of carbonyl (C=O) groups is 1. The van der Waals surface area contributed by atoms with Gasteiger partial charge in [-0.2, -0.15) is 0 Å². The van der Waals surface area contributed by atoms with E-state index in [9.17, 15) is 13.2 Å². The summed E-state index contributed by atoms with van der Waals surface area (Å²) in [7, 11) is -2.58. The molecule has 23 heavy (non-hydrogen) atoms. The van der Waals surface area contributed by atoms with Gasteiger partial charge in [0.15, 0.2) is 5.69 Å². The third-order valence-corrected chi connectivity index (χ3v) is 4.48. The molecular weight excluding hydrogens is 324 g/mol. The first-order valence-electron chi connectivity index (χ1n) is 6.62. The number of ether oxygens (including phenoxy) is 1. The lowest BCUT2D eigenvalue weighted by Crippen LogP contribution is -2.48. The van der Waals surface area contributed by atoms with Gasteiger partial charge in [-0.1, -0.05) is 5.21 Å². The van der Waals surface area contributed by atoms with Crippen molar-refractivity contribution in [3.8, 4) is 0 Å². The van der Waals surface area contributed by atoms with E-state index in [0.29, 0.717) is 18.8 Å². The lowest BCUT2D eigenvalue weighted by atomic mass is 10.1. The summed E-state index contributed by atoms with van der Waals surface area (Å²) in [5.74, 6) is -0.557. The molecule has 11 heteroatoms. The van der Waals surface area contributed by atoms with Gasteiger partial charge >= 0.3 is 5.97 Å². The van der Waals surface area contributed by atoms with Crippen molar-refractivity contribution in [2.75, 3.05) is 25.1 Å². The average molecular weight is 338 g/mol. The number of hydrogen-bond acceptors (Lipinski definition) is 8. The van der Waals surface area contributed by atoms with Crippen LogP contribution in [0.2, 0.25) is 0 Å². The predicted molar refractivity (Wildman–Crippen MR) is 78.2 cm³/mol. The molecule has 0 atom stereocenters. The van der Waals surface area contributed by atoms with Crippen molar-refractivity contribution in [2.24, 2.45) is 5.14 Å². The zero-order valence-electron chi connectivity index (χ0n) is 12.2. The first kappa shape index (κ1) is 15.4. The highest BCUT2D eigenvalue weighted by molar-refractivity contribution is 7.89. The third-order valence-electron chi connectivity index (χ3n) is 3.55. The van der Waals surface area contributed by atoms with Crippen LogP contribution in [0.4, 0.5) is 5.69 Å². The van der Waals surface area contributed by atoms with Gasteiger partial charge in [-0.25, -0.2) is 23.0 Å². The van der Waals surface area contributed by atoms with Gasteiger partial charge in [-0.05, 0) is 6.07 Å². The highest BCUT2D eigenvalue weighted by Crippen LogP contribution is 2.31. The quantitative estimate of drug-likeness (QED) is 0.714. The van der Waals surface area contributed by atoms with Gasteiger partial charge in [0.2, 0.25) is 10.0 Å². The zero-order chi connectivity index (χ0) is 16.6. The molecule has 2 aromatic heterocycles. The van der Waals surface area contributed by atoms with E-state index in [-0.39, 0.29) is 16.6 Å². The van der Waals surface area contributed by atoms with Crippen molar-refractivity contribution in [2.45, 2.75) is 10.9 Å². The first-order chi connectivity index (χ1) is 10.9. The van der Waals surface area contributed by atoms with E-state index in [1.807, 2.05) is 4.90 Å². The number of sulfonamides is 1. The molecule has 0 bridgehead atoms. The molecule has 0 aromatic carbocycles. The molecular formula is C12H14N6O4S. The van der Waals surface area contributed by atoms with E-state index in [4.69, 9.17) is 5.14 Å². The Balaban J connectivity index is 1.75. The van der Waals surface area contributed by atoms with E-state index in [1.54, 1.807) is 10.7 Å². The molecule has 2 aromatic rings. The van der Waals surface area contributed by atoms with Crippen LogP contribution in [-0.2, 0) is 14.8 Å². The van der Waals surface area contributed by atoms with Crippen molar-refractivity contribution in [1.29, 1.82) is 0 Å². The normalized spacial score (nSPS) is 15.3. The molecule has 1 saturated heterocycles. The summed E-state index contributed by atoms with van der Waals surface area (Å²) in [6, 6.07) is 1.57. The van der Waals surface area contributed by atoms with E-state index in [1.165, 1.54) is 25.7 Å². The highest BCUT2D eigenvalue weighted by Gasteiger charge is 2.32. The van der Waals surface area contributed by atoms with Crippen LogP contribution in [0.15, 0.2) is 29.6 Å². The minimum absolute atomic E-state index is 0.0210. The van der Waals surface area contributed by atoms with Crippen LogP contribution in [0.3, 0.4) is 0 Å². The Morgan fingerprint density at radius 3 is 2.83 bits per heavy atom. The van der Waals surface area contributed by atoms with Gasteiger partial charge in [0.25, 0.3) is 0 Å². The molecule has 1 aliphatic rings. The third kappa shape index (κ3) is 2.87. The van der Waals surface area contributed by atoms with Gasteiger partial charge < -0.3 is 9.64 Å². The Labute approximate surface area is 131 Å². The summed E-state index contributed by atoms with van der Waals surface area (Å²) >= 11 is 0. The molecule has 3 rings (SSSR count). The number of esters is 1. The number of rotatable bonds is 4. The van der Waals surface area contributed by atoms with Gasteiger partial charge in [0.05, 0.1) is 25.0 Å². The highest BCUT2D eigenvalue weighted by atomic mass is 32.2. The number of primary sulfonamides is 1. The number of pyridine rings is 1. The number of aromatic nitrogens is 4. The van der Waals surface area contributed by atoms with E-state index < -0.39 is 16.0 Å². The predicted octanol–water partition coefficient (Wildman–Crippen LogP) is -0.832. The van der Waals surface area contributed by atoms with Crippen LogP contribution in [0.25, 0.3) is 0 Å². The van der Waals surface area contributed by atoms with Gasteiger partial charge in [0.1, 0.15) is 4.90 Å². The fraction of sp³-hybridized carbons (Fsp3) is 0.333. The number of nitrogens with two attached hydrogens (primary N) is 1. The Morgan fingerprint density at radius 2 is 2.17 bits per heavy atom. The molecule has 10 nitrogen and oxygen atoms in total. The molecule has 122 valence electrons. The van der Waals surface area contributed by atoms with E-state index >= 15 is 0 Å². The van der Waals surface area contributed by atoms with Crippen LogP contribution in [0.1, 0.15) is 16.5 Å². The SMILES string of the molecule is COC(=O)c1cn(C2CN(c3ccncc3S(N)(=O)=O)C2)nn1. The number of methoxy groups -OCH3 is 1. The number of anilines is 1. The second-order valence-corrected chi connectivity index (χ2v) is 6.55. The maximum absolute atomic E-state index is 11.6. The van der Waals surface area contributed by atoms with Crippen LogP contribution in [0, 0.1) is 0 Å². The first-order valence-corrected chi connectivity index (χ1v) is 8.16. The summed E-state index contributed by atoms with van der Waals surface area (Å²) in [5.41, 5.74) is 0.618. The number of carbonyl (C=O) groups excluding carboxylic acids is 1. The largest absolute Gasteiger partial charge is 0.464 e. The fourth-order valence-corrected chi connectivity index (χ4v) is 3.02. The maximum atomic E-state index is 11.6. The van der Waals surface area contributed by atoms with Crippen molar-refractivity contribution in [1.82, 2.24) is 20.0 Å². The Morgan fingerprint density at radius 1 is 1.43 bits per heavy atom. The number of hydrogen-bond donors (Lipinski definition) is 1. The van der Waals surface area contributed by atoms with Crippen LogP contribution < -0.4 is 10.0 Å². The Bertz CT molecular complexity index is 843. The summed E-state index contributed by atoms with van der Waals surface area (Å²) < 4.78 is 29.3. The summed E-state index contributed by atoms with van der Waals surface area (Å²) in [6.45, 7) is 1.02. The van der Waals surface area contributed by atoms with E-state index in [2.05, 4.69) is 20.0 Å². The average Bonchev–Trinajstić information content (AvgIpc) is 2.94. The van der Waals surface area contributed by atoms with Crippen LogP contribution in [-0.4, -0.2) is 54.6 Å². The van der Waals surface area contributed by atoms with Crippen molar-refractivity contribution >= 4 is 21.7 Å². The standard InChI is InChI=1S/C12H14N6O4S/c1-22-12(19)9-7-18(16-15-9)8-5-17(6-8)10-2-3-14-4-11(10)23(13,20)21/h2-4,7-8H,5-6H2,1H3,(H2,13,20,21). The smallest absolute Gasteiger partial charge is 0.360 e. The molecule has 3 heterocycles. The summed E-state index contributed by atoms with van der Waals surface area (Å²) in [6.07, 6.45) is 4.23. The van der Waals surface area contributed by atoms with Crippen molar-refractivity contribution in [3.05, 3.63) is 30.4 Å². The summed E-state index contributed by atoms with van der Waals surface area (Å²) in [5, 5.41) is 12.8. The zero-order valence-corrected chi connectivity index (χ0v) is 13.0. The molecule has 0 spiro atoms. The molecule has 2 N–H and O–H groups in total. The molecule has 1 aliphatic heterocycles. The second-order valence-electron chi connectivity index (χ2n) is 5.02. The Kier molecular flexibility index (Phi) is 3.74. The lowest BCUT2D eigenvalue weighted by Gasteiger charge is -2.41. The van der Waals surface area contributed by atoms with Gasteiger partial charge in [-0.15, -0.1) is 5.10 Å².